The Morgan fingerprint density at radius 2 is 2.33 bits per heavy atom. The van der Waals surface area contributed by atoms with Crippen molar-refractivity contribution in [2.24, 2.45) is 7.05 Å². The third kappa shape index (κ3) is 3.04. The monoisotopic (exact) mass is 266 g/mol. The molecule has 2 heterocycles. The van der Waals surface area contributed by atoms with Gasteiger partial charge in [0.2, 0.25) is 5.13 Å². The van der Waals surface area contributed by atoms with Crippen LogP contribution in [0.3, 0.4) is 0 Å². The number of anilines is 1. The summed E-state index contributed by atoms with van der Waals surface area (Å²) in [6.45, 7) is 2.41. The quantitative estimate of drug-likeness (QED) is 0.869. The Labute approximate surface area is 108 Å². The van der Waals surface area contributed by atoms with Crippen LogP contribution >= 0.6 is 11.3 Å². The van der Waals surface area contributed by atoms with E-state index in [2.05, 4.69) is 25.9 Å². The highest BCUT2D eigenvalue weighted by atomic mass is 32.1. The molecular formula is C10H14N6OS. The molecule has 0 saturated heterocycles. The molecule has 18 heavy (non-hydrogen) atoms. The highest BCUT2D eigenvalue weighted by molar-refractivity contribution is 7.15. The number of carbonyl (C=O) groups excluding carboxylic acids is 1. The summed E-state index contributed by atoms with van der Waals surface area (Å²) in [7, 11) is 1.83. The van der Waals surface area contributed by atoms with E-state index >= 15 is 0 Å². The van der Waals surface area contributed by atoms with Crippen molar-refractivity contribution in [3.8, 4) is 0 Å². The van der Waals surface area contributed by atoms with Crippen LogP contribution in [0.5, 0.6) is 0 Å². The molecule has 0 unspecified atom stereocenters. The summed E-state index contributed by atoms with van der Waals surface area (Å²) in [4.78, 5) is 11.6. The van der Waals surface area contributed by atoms with Gasteiger partial charge in [0.25, 0.3) is 0 Å². The van der Waals surface area contributed by atoms with E-state index < -0.39 is 0 Å². The summed E-state index contributed by atoms with van der Waals surface area (Å²) in [6, 6.07) is 1.55. The van der Waals surface area contributed by atoms with Crippen molar-refractivity contribution in [3.63, 3.8) is 0 Å². The van der Waals surface area contributed by atoms with Crippen LogP contribution in [0.2, 0.25) is 0 Å². The maximum Gasteiger partial charge on any atom is 0.321 e. The van der Waals surface area contributed by atoms with E-state index in [1.54, 1.807) is 10.9 Å². The highest BCUT2D eigenvalue weighted by Crippen LogP contribution is 2.14. The first-order chi connectivity index (χ1) is 8.69. The van der Waals surface area contributed by atoms with E-state index in [0.717, 1.165) is 17.1 Å². The highest BCUT2D eigenvalue weighted by Gasteiger charge is 2.07. The van der Waals surface area contributed by atoms with Gasteiger partial charge in [0, 0.05) is 13.2 Å². The van der Waals surface area contributed by atoms with Crippen molar-refractivity contribution in [1.82, 2.24) is 25.3 Å². The van der Waals surface area contributed by atoms with Crippen LogP contribution in [0.4, 0.5) is 9.93 Å². The lowest BCUT2D eigenvalue weighted by atomic mass is 10.4. The van der Waals surface area contributed by atoms with Crippen molar-refractivity contribution in [1.29, 1.82) is 0 Å². The average Bonchev–Trinajstić information content (AvgIpc) is 2.96. The average molecular weight is 266 g/mol. The first-order valence-electron chi connectivity index (χ1n) is 5.53. The predicted octanol–water partition coefficient (Wildman–Crippen LogP) is 1.16. The van der Waals surface area contributed by atoms with E-state index in [0.29, 0.717) is 11.7 Å². The summed E-state index contributed by atoms with van der Waals surface area (Å²) in [6.07, 6.45) is 2.50. The molecule has 8 heteroatoms. The van der Waals surface area contributed by atoms with E-state index in [1.807, 2.05) is 20.0 Å². The summed E-state index contributed by atoms with van der Waals surface area (Å²) in [5, 5.41) is 18.6. The van der Waals surface area contributed by atoms with E-state index in [4.69, 9.17) is 0 Å². The van der Waals surface area contributed by atoms with Crippen LogP contribution in [0.15, 0.2) is 12.3 Å². The number of rotatable bonds is 4. The van der Waals surface area contributed by atoms with Crippen molar-refractivity contribution in [2.75, 3.05) is 5.32 Å². The molecule has 2 N–H and O–H groups in total. The smallest absolute Gasteiger partial charge is 0.321 e. The van der Waals surface area contributed by atoms with Gasteiger partial charge in [0.1, 0.15) is 5.01 Å². The second-order valence-electron chi connectivity index (χ2n) is 3.61. The number of aryl methyl sites for hydroxylation is 2. The van der Waals surface area contributed by atoms with Crippen LogP contribution < -0.4 is 10.6 Å². The van der Waals surface area contributed by atoms with E-state index in [-0.39, 0.29) is 6.03 Å². The normalized spacial score (nSPS) is 10.3. The summed E-state index contributed by atoms with van der Waals surface area (Å²) in [5.41, 5.74) is 0.927. The molecule has 2 aromatic heterocycles. The molecule has 0 aromatic carbocycles. The lowest BCUT2D eigenvalue weighted by molar-refractivity contribution is 0.251. The Bertz CT molecular complexity index is 534. The Balaban J connectivity index is 1.84. The molecule has 0 aliphatic carbocycles. The molecule has 0 atom stereocenters. The molecule has 0 fully saturated rings. The number of hydrogen-bond acceptors (Lipinski definition) is 5. The first-order valence-corrected chi connectivity index (χ1v) is 6.34. The third-order valence-electron chi connectivity index (χ3n) is 2.34. The van der Waals surface area contributed by atoms with Crippen LogP contribution in [0, 0.1) is 0 Å². The van der Waals surface area contributed by atoms with Crippen molar-refractivity contribution >= 4 is 22.5 Å². The molecular weight excluding hydrogens is 252 g/mol. The molecule has 2 rings (SSSR count). The van der Waals surface area contributed by atoms with E-state index in [9.17, 15) is 4.79 Å². The molecule has 2 amide bonds. The maximum absolute atomic E-state index is 11.6. The maximum atomic E-state index is 11.6. The van der Waals surface area contributed by atoms with Gasteiger partial charge in [-0.15, -0.1) is 10.2 Å². The van der Waals surface area contributed by atoms with Gasteiger partial charge >= 0.3 is 6.03 Å². The number of amides is 2. The number of carbonyl (C=O) groups is 1. The minimum atomic E-state index is -0.296. The molecule has 0 spiro atoms. The molecule has 0 aliphatic rings. The Hall–Kier alpha value is -1.96. The van der Waals surface area contributed by atoms with Crippen LogP contribution in [-0.2, 0) is 20.0 Å². The van der Waals surface area contributed by atoms with Crippen molar-refractivity contribution in [2.45, 2.75) is 19.9 Å². The topological polar surface area (TPSA) is 84.7 Å². The molecule has 2 aromatic rings. The predicted molar refractivity (Wildman–Crippen MR) is 68.4 cm³/mol. The number of nitrogens with one attached hydrogen (secondary N) is 2. The van der Waals surface area contributed by atoms with E-state index in [1.165, 1.54) is 11.3 Å². The Morgan fingerprint density at radius 1 is 1.50 bits per heavy atom. The summed E-state index contributed by atoms with van der Waals surface area (Å²) < 4.78 is 1.71. The second-order valence-corrected chi connectivity index (χ2v) is 4.67. The molecule has 0 radical (unpaired) electrons. The van der Waals surface area contributed by atoms with Gasteiger partial charge in [-0.05, 0) is 12.5 Å². The van der Waals surface area contributed by atoms with Crippen molar-refractivity contribution < 1.29 is 4.79 Å². The SMILES string of the molecule is CCc1nnc(NC(=O)NCc2ccnn2C)s1. The lowest BCUT2D eigenvalue weighted by Crippen LogP contribution is -2.28. The van der Waals surface area contributed by atoms with Gasteiger partial charge in [0.15, 0.2) is 0 Å². The van der Waals surface area contributed by atoms with Gasteiger partial charge in [0.05, 0.1) is 12.2 Å². The summed E-state index contributed by atoms with van der Waals surface area (Å²) >= 11 is 1.38. The van der Waals surface area contributed by atoms with Crippen molar-refractivity contribution in [3.05, 3.63) is 23.0 Å². The van der Waals surface area contributed by atoms with Crippen LogP contribution in [0.1, 0.15) is 17.6 Å². The number of nitrogens with zero attached hydrogens (tertiary/aromatic N) is 4. The van der Waals surface area contributed by atoms with Gasteiger partial charge in [-0.3, -0.25) is 10.00 Å². The first kappa shape index (κ1) is 12.5. The number of aromatic nitrogens is 4. The minimum absolute atomic E-state index is 0.296. The minimum Gasteiger partial charge on any atom is -0.332 e. The van der Waals surface area contributed by atoms with Gasteiger partial charge < -0.3 is 5.32 Å². The standard InChI is InChI=1S/C10H14N6OS/c1-3-8-14-15-10(18-8)13-9(17)11-6-7-4-5-12-16(7)2/h4-5H,3,6H2,1-2H3,(H2,11,13,15,17). The summed E-state index contributed by atoms with van der Waals surface area (Å²) in [5.74, 6) is 0. The molecule has 0 bridgehead atoms. The molecule has 0 aliphatic heterocycles. The zero-order valence-electron chi connectivity index (χ0n) is 10.2. The van der Waals surface area contributed by atoms with Gasteiger partial charge in [-0.2, -0.15) is 5.10 Å². The fourth-order valence-corrected chi connectivity index (χ4v) is 2.01. The second kappa shape index (κ2) is 5.58. The molecule has 0 saturated carbocycles. The van der Waals surface area contributed by atoms with Crippen LogP contribution in [-0.4, -0.2) is 26.0 Å². The zero-order chi connectivity index (χ0) is 13.0. The van der Waals surface area contributed by atoms with Gasteiger partial charge in [-0.1, -0.05) is 18.3 Å². The fraction of sp³-hybridized carbons (Fsp3) is 0.400. The number of hydrogen-bond donors (Lipinski definition) is 2. The molecule has 96 valence electrons. The largest absolute Gasteiger partial charge is 0.332 e. The van der Waals surface area contributed by atoms with Gasteiger partial charge in [-0.25, -0.2) is 4.79 Å². The zero-order valence-corrected chi connectivity index (χ0v) is 11.0. The number of urea groups is 1. The molecule has 7 nitrogen and oxygen atoms in total. The Morgan fingerprint density at radius 3 is 2.94 bits per heavy atom. The fourth-order valence-electron chi connectivity index (χ4n) is 1.33. The third-order valence-corrected chi connectivity index (χ3v) is 3.33. The lowest BCUT2D eigenvalue weighted by Gasteiger charge is -2.05. The Kier molecular flexibility index (Phi) is 3.88. The van der Waals surface area contributed by atoms with Crippen LogP contribution in [0.25, 0.3) is 0 Å².